The van der Waals surface area contributed by atoms with Gasteiger partial charge in [-0.15, -0.1) is 0 Å². The molecule has 0 unspecified atom stereocenters. The Hall–Kier alpha value is -0.960. The van der Waals surface area contributed by atoms with Gasteiger partial charge in [0.05, 0.1) is 5.69 Å². The molecule has 0 aliphatic rings. The van der Waals surface area contributed by atoms with Crippen molar-refractivity contribution in [2.24, 2.45) is 0 Å². The van der Waals surface area contributed by atoms with Crippen LogP contribution in [-0.2, 0) is 0 Å². The zero-order valence-electron chi connectivity index (χ0n) is 5.56. The van der Waals surface area contributed by atoms with Crippen LogP contribution in [-0.4, -0.2) is 12.0 Å². The summed E-state index contributed by atoms with van der Waals surface area (Å²) in [6, 6.07) is 3.47. The molecular formula is C6H8ClN3. The predicted octanol–water partition coefficient (Wildman–Crippen LogP) is 1.36. The minimum Gasteiger partial charge on any atom is -0.385 e. The number of hydrogen-bond donors (Lipinski definition) is 2. The number of nitrogens with two attached hydrogens (primary N) is 1. The molecule has 0 radical (unpaired) electrons. The zero-order chi connectivity index (χ0) is 7.56. The lowest BCUT2D eigenvalue weighted by atomic mass is 10.4. The summed E-state index contributed by atoms with van der Waals surface area (Å²) in [7, 11) is 1.78. The van der Waals surface area contributed by atoms with Gasteiger partial charge in [0, 0.05) is 7.05 Å². The highest BCUT2D eigenvalue weighted by molar-refractivity contribution is 6.29. The molecule has 54 valence electrons. The SMILES string of the molecule is CNc1ccc(Cl)nc1N. The summed E-state index contributed by atoms with van der Waals surface area (Å²) < 4.78 is 0. The van der Waals surface area contributed by atoms with Gasteiger partial charge in [-0.1, -0.05) is 11.6 Å². The predicted molar refractivity (Wildman–Crippen MR) is 43.2 cm³/mol. The van der Waals surface area contributed by atoms with Crippen molar-refractivity contribution in [1.82, 2.24) is 4.98 Å². The standard InChI is InChI=1S/C6H8ClN3/c1-9-4-2-3-5(7)10-6(4)8/h2-3,9H,1H3,(H2,8,10). The maximum absolute atomic E-state index is 5.56. The number of nitrogens with zero attached hydrogens (tertiary/aromatic N) is 1. The Morgan fingerprint density at radius 1 is 1.60 bits per heavy atom. The first-order chi connectivity index (χ1) is 4.74. The summed E-state index contributed by atoms with van der Waals surface area (Å²) in [5, 5.41) is 3.29. The van der Waals surface area contributed by atoms with E-state index in [-0.39, 0.29) is 0 Å². The molecule has 1 aromatic heterocycles. The Morgan fingerprint density at radius 2 is 2.30 bits per heavy atom. The topological polar surface area (TPSA) is 50.9 Å². The molecule has 4 heteroatoms. The van der Waals surface area contributed by atoms with Crippen molar-refractivity contribution in [1.29, 1.82) is 0 Å². The van der Waals surface area contributed by atoms with Crippen molar-refractivity contribution >= 4 is 23.1 Å². The van der Waals surface area contributed by atoms with Gasteiger partial charge < -0.3 is 11.1 Å². The normalized spacial score (nSPS) is 9.40. The minimum absolute atomic E-state index is 0.413. The van der Waals surface area contributed by atoms with Crippen LogP contribution in [0.1, 0.15) is 0 Å². The number of anilines is 2. The summed E-state index contributed by atoms with van der Waals surface area (Å²) in [4.78, 5) is 3.83. The second kappa shape index (κ2) is 2.75. The molecule has 0 saturated heterocycles. The van der Waals surface area contributed by atoms with E-state index in [0.29, 0.717) is 11.0 Å². The van der Waals surface area contributed by atoms with Crippen LogP contribution in [0, 0.1) is 0 Å². The molecule has 1 rings (SSSR count). The molecule has 1 heterocycles. The molecule has 0 amide bonds. The lowest BCUT2D eigenvalue weighted by Gasteiger charge is -2.01. The number of aromatic nitrogens is 1. The van der Waals surface area contributed by atoms with Crippen LogP contribution < -0.4 is 11.1 Å². The first-order valence-electron chi connectivity index (χ1n) is 2.84. The molecule has 0 aromatic carbocycles. The maximum Gasteiger partial charge on any atom is 0.148 e. The van der Waals surface area contributed by atoms with Gasteiger partial charge in [0.25, 0.3) is 0 Å². The highest BCUT2D eigenvalue weighted by atomic mass is 35.5. The molecule has 0 atom stereocenters. The molecule has 0 spiro atoms. The molecule has 0 fully saturated rings. The molecule has 3 nitrogen and oxygen atoms in total. The van der Waals surface area contributed by atoms with E-state index in [0.717, 1.165) is 5.69 Å². The van der Waals surface area contributed by atoms with Crippen LogP contribution in [0.25, 0.3) is 0 Å². The number of nitrogens with one attached hydrogen (secondary N) is 1. The molecular weight excluding hydrogens is 150 g/mol. The fraction of sp³-hybridized carbons (Fsp3) is 0.167. The van der Waals surface area contributed by atoms with E-state index in [1.807, 2.05) is 0 Å². The fourth-order valence-corrected chi connectivity index (χ4v) is 0.815. The van der Waals surface area contributed by atoms with Gasteiger partial charge in [-0.25, -0.2) is 4.98 Å². The molecule has 0 aliphatic carbocycles. The summed E-state index contributed by atoms with van der Waals surface area (Å²) in [6.07, 6.45) is 0. The van der Waals surface area contributed by atoms with Gasteiger partial charge in [-0.3, -0.25) is 0 Å². The Balaban J connectivity index is 3.07. The van der Waals surface area contributed by atoms with Gasteiger partial charge >= 0.3 is 0 Å². The van der Waals surface area contributed by atoms with Crippen molar-refractivity contribution in [2.45, 2.75) is 0 Å². The number of pyridine rings is 1. The van der Waals surface area contributed by atoms with E-state index in [4.69, 9.17) is 17.3 Å². The third kappa shape index (κ3) is 1.30. The molecule has 0 saturated carbocycles. The zero-order valence-corrected chi connectivity index (χ0v) is 6.31. The third-order valence-electron chi connectivity index (χ3n) is 1.16. The quantitative estimate of drug-likeness (QED) is 0.606. The lowest BCUT2D eigenvalue weighted by molar-refractivity contribution is 1.32. The number of rotatable bonds is 1. The summed E-state index contributed by atoms with van der Waals surface area (Å²) in [5.41, 5.74) is 6.27. The van der Waals surface area contributed by atoms with Crippen molar-refractivity contribution in [3.8, 4) is 0 Å². The van der Waals surface area contributed by atoms with E-state index < -0.39 is 0 Å². The van der Waals surface area contributed by atoms with Gasteiger partial charge in [0.15, 0.2) is 0 Å². The smallest absolute Gasteiger partial charge is 0.148 e. The van der Waals surface area contributed by atoms with Gasteiger partial charge in [0.2, 0.25) is 0 Å². The van der Waals surface area contributed by atoms with E-state index in [9.17, 15) is 0 Å². The van der Waals surface area contributed by atoms with Crippen LogP contribution in [0.5, 0.6) is 0 Å². The molecule has 1 aromatic rings. The summed E-state index contributed by atoms with van der Waals surface area (Å²) >= 11 is 5.56. The molecule has 0 aliphatic heterocycles. The average molecular weight is 158 g/mol. The summed E-state index contributed by atoms with van der Waals surface area (Å²) in [5.74, 6) is 0.426. The van der Waals surface area contributed by atoms with Gasteiger partial charge in [-0.2, -0.15) is 0 Å². The number of halogens is 1. The van der Waals surface area contributed by atoms with E-state index in [1.165, 1.54) is 0 Å². The van der Waals surface area contributed by atoms with Crippen LogP contribution in [0.3, 0.4) is 0 Å². The second-order valence-electron chi connectivity index (χ2n) is 1.82. The molecule has 0 bridgehead atoms. The Labute approximate surface area is 64.2 Å². The van der Waals surface area contributed by atoms with Crippen LogP contribution in [0.15, 0.2) is 12.1 Å². The Bertz CT molecular complexity index is 236. The maximum atomic E-state index is 5.56. The third-order valence-corrected chi connectivity index (χ3v) is 1.37. The first-order valence-corrected chi connectivity index (χ1v) is 3.21. The highest BCUT2D eigenvalue weighted by Gasteiger charge is 1.96. The summed E-state index contributed by atoms with van der Waals surface area (Å²) in [6.45, 7) is 0. The fourth-order valence-electron chi connectivity index (χ4n) is 0.661. The monoisotopic (exact) mass is 157 g/mol. The van der Waals surface area contributed by atoms with Crippen molar-refractivity contribution in [3.05, 3.63) is 17.3 Å². The largest absolute Gasteiger partial charge is 0.385 e. The van der Waals surface area contributed by atoms with Crippen LogP contribution in [0.2, 0.25) is 5.15 Å². The first kappa shape index (κ1) is 7.15. The van der Waals surface area contributed by atoms with Crippen molar-refractivity contribution in [2.75, 3.05) is 18.1 Å². The Kier molecular flexibility index (Phi) is 1.97. The number of nitrogen functional groups attached to an aromatic ring is 1. The Morgan fingerprint density at radius 3 is 2.80 bits per heavy atom. The molecule has 3 N–H and O–H groups in total. The van der Waals surface area contributed by atoms with Gasteiger partial charge in [0.1, 0.15) is 11.0 Å². The second-order valence-corrected chi connectivity index (χ2v) is 2.20. The van der Waals surface area contributed by atoms with E-state index >= 15 is 0 Å². The average Bonchev–Trinajstić information content (AvgIpc) is 1.88. The van der Waals surface area contributed by atoms with Crippen molar-refractivity contribution < 1.29 is 0 Å². The van der Waals surface area contributed by atoms with Crippen LogP contribution in [0.4, 0.5) is 11.5 Å². The van der Waals surface area contributed by atoms with E-state index in [1.54, 1.807) is 19.2 Å². The van der Waals surface area contributed by atoms with Crippen LogP contribution >= 0.6 is 11.6 Å². The molecule has 10 heavy (non-hydrogen) atoms. The lowest BCUT2D eigenvalue weighted by Crippen LogP contribution is -1.97. The van der Waals surface area contributed by atoms with Gasteiger partial charge in [-0.05, 0) is 12.1 Å². The highest BCUT2D eigenvalue weighted by Crippen LogP contribution is 2.17. The number of hydrogen-bond acceptors (Lipinski definition) is 3. The van der Waals surface area contributed by atoms with Crippen molar-refractivity contribution in [3.63, 3.8) is 0 Å². The minimum atomic E-state index is 0.413. The van der Waals surface area contributed by atoms with E-state index in [2.05, 4.69) is 10.3 Å².